The summed E-state index contributed by atoms with van der Waals surface area (Å²) >= 11 is 0. The molecule has 1 fully saturated rings. The van der Waals surface area contributed by atoms with Gasteiger partial charge >= 0.3 is 5.97 Å². The van der Waals surface area contributed by atoms with Crippen molar-refractivity contribution < 1.29 is 9.53 Å². The zero-order chi connectivity index (χ0) is 12.6. The van der Waals surface area contributed by atoms with Crippen molar-refractivity contribution in [1.29, 1.82) is 5.26 Å². The third kappa shape index (κ3) is 1.80. The number of hydrogen-bond donors (Lipinski definition) is 0. The van der Waals surface area contributed by atoms with Crippen molar-refractivity contribution in [3.8, 4) is 6.07 Å². The molecule has 90 valence electrons. The van der Waals surface area contributed by atoms with E-state index in [1.807, 2.05) is 13.8 Å². The summed E-state index contributed by atoms with van der Waals surface area (Å²) in [7, 11) is 1.34. The fraction of sp³-hybridized carbons (Fsp3) is 0.583. The quantitative estimate of drug-likeness (QED) is 0.746. The number of nitrogens with zero attached hydrogens (tertiary/aromatic N) is 3. The van der Waals surface area contributed by atoms with Gasteiger partial charge in [0.1, 0.15) is 11.0 Å². The first-order chi connectivity index (χ1) is 8.04. The van der Waals surface area contributed by atoms with Gasteiger partial charge in [-0.15, -0.1) is 0 Å². The average Bonchev–Trinajstić information content (AvgIpc) is 2.99. The third-order valence-corrected chi connectivity index (χ3v) is 3.08. The molecule has 0 aromatic carbocycles. The number of esters is 1. The highest BCUT2D eigenvalue weighted by Crippen LogP contribution is 2.48. The van der Waals surface area contributed by atoms with Crippen molar-refractivity contribution in [3.05, 3.63) is 17.5 Å². The van der Waals surface area contributed by atoms with E-state index in [0.717, 1.165) is 12.8 Å². The van der Waals surface area contributed by atoms with E-state index in [4.69, 9.17) is 4.74 Å². The van der Waals surface area contributed by atoms with E-state index in [1.165, 1.54) is 7.11 Å². The summed E-state index contributed by atoms with van der Waals surface area (Å²) in [5.41, 5.74) is 0.421. The molecule has 1 aromatic rings. The average molecular weight is 233 g/mol. The predicted octanol–water partition coefficient (Wildman–Crippen LogP) is 1.81. The normalized spacial score (nSPS) is 16.6. The summed E-state index contributed by atoms with van der Waals surface area (Å²) in [6, 6.07) is 2.41. The minimum Gasteiger partial charge on any atom is -0.465 e. The lowest BCUT2D eigenvalue weighted by atomic mass is 10.0. The Balaban J connectivity index is 2.50. The molecule has 5 nitrogen and oxygen atoms in total. The van der Waals surface area contributed by atoms with Crippen LogP contribution in [0.1, 0.15) is 48.8 Å². The summed E-state index contributed by atoms with van der Waals surface area (Å²) in [6.45, 7) is 3.95. The SMILES string of the molecule is COC(=O)c1cn(C(C)C)nc1C1(C#N)CC1. The summed E-state index contributed by atoms with van der Waals surface area (Å²) in [6.07, 6.45) is 3.20. The standard InChI is InChI=1S/C12H15N3O2/c1-8(2)15-6-9(11(16)17-3)10(14-15)12(7-13)4-5-12/h6,8H,4-5H2,1-3H3. The van der Waals surface area contributed by atoms with Crippen LogP contribution in [0.15, 0.2) is 6.20 Å². The van der Waals surface area contributed by atoms with Gasteiger partial charge in [-0.1, -0.05) is 0 Å². The van der Waals surface area contributed by atoms with Crippen molar-refractivity contribution >= 4 is 5.97 Å². The number of hydrogen-bond acceptors (Lipinski definition) is 4. The molecule has 0 radical (unpaired) electrons. The molecule has 0 unspecified atom stereocenters. The molecule has 0 aliphatic heterocycles. The Morgan fingerprint density at radius 1 is 1.65 bits per heavy atom. The van der Waals surface area contributed by atoms with Gasteiger partial charge in [0, 0.05) is 12.2 Å². The maximum atomic E-state index is 11.7. The van der Waals surface area contributed by atoms with Crippen molar-refractivity contribution in [2.45, 2.75) is 38.1 Å². The first kappa shape index (κ1) is 11.6. The van der Waals surface area contributed by atoms with Gasteiger partial charge in [0.15, 0.2) is 0 Å². The van der Waals surface area contributed by atoms with E-state index in [9.17, 15) is 10.1 Å². The minimum atomic E-state index is -0.566. The lowest BCUT2D eigenvalue weighted by molar-refractivity contribution is 0.0599. The van der Waals surface area contributed by atoms with E-state index in [-0.39, 0.29) is 6.04 Å². The lowest BCUT2D eigenvalue weighted by Crippen LogP contribution is -2.12. The van der Waals surface area contributed by atoms with Crippen molar-refractivity contribution in [1.82, 2.24) is 9.78 Å². The summed E-state index contributed by atoms with van der Waals surface area (Å²) in [5, 5.41) is 13.6. The predicted molar refractivity (Wildman–Crippen MR) is 60.5 cm³/mol. The van der Waals surface area contributed by atoms with Gasteiger partial charge in [-0.05, 0) is 26.7 Å². The van der Waals surface area contributed by atoms with Gasteiger partial charge in [-0.3, -0.25) is 4.68 Å². The van der Waals surface area contributed by atoms with Crippen LogP contribution in [0.3, 0.4) is 0 Å². The molecule has 1 saturated carbocycles. The maximum absolute atomic E-state index is 11.7. The van der Waals surface area contributed by atoms with E-state index in [2.05, 4.69) is 11.2 Å². The number of methoxy groups -OCH3 is 1. The minimum absolute atomic E-state index is 0.154. The molecule has 2 rings (SSSR count). The molecule has 0 amide bonds. The van der Waals surface area contributed by atoms with Crippen LogP contribution in [-0.2, 0) is 10.2 Å². The largest absolute Gasteiger partial charge is 0.465 e. The number of carbonyl (C=O) groups excluding carboxylic acids is 1. The first-order valence-corrected chi connectivity index (χ1v) is 5.63. The molecule has 0 spiro atoms. The van der Waals surface area contributed by atoms with Crippen molar-refractivity contribution in [3.63, 3.8) is 0 Å². The maximum Gasteiger partial charge on any atom is 0.341 e. The molecule has 0 N–H and O–H groups in total. The molecule has 1 aliphatic rings. The van der Waals surface area contributed by atoms with E-state index >= 15 is 0 Å². The Labute approximate surface area is 100.0 Å². The first-order valence-electron chi connectivity index (χ1n) is 5.63. The number of carbonyl (C=O) groups is 1. The molecule has 0 bridgehead atoms. The highest BCUT2D eigenvalue weighted by molar-refractivity contribution is 5.91. The van der Waals surface area contributed by atoms with Crippen LogP contribution in [0.2, 0.25) is 0 Å². The molecular formula is C12H15N3O2. The van der Waals surface area contributed by atoms with Crippen LogP contribution < -0.4 is 0 Å². The number of nitriles is 1. The van der Waals surface area contributed by atoms with Gasteiger partial charge in [-0.2, -0.15) is 10.4 Å². The Morgan fingerprint density at radius 3 is 2.71 bits per heavy atom. The lowest BCUT2D eigenvalue weighted by Gasteiger charge is -2.05. The number of rotatable bonds is 3. The molecular weight excluding hydrogens is 218 g/mol. The monoisotopic (exact) mass is 233 g/mol. The number of ether oxygens (including phenoxy) is 1. The molecule has 5 heteroatoms. The Kier molecular flexibility index (Phi) is 2.66. The molecule has 0 atom stereocenters. The van der Waals surface area contributed by atoms with Gasteiger partial charge < -0.3 is 4.74 Å². The van der Waals surface area contributed by atoms with Crippen LogP contribution in [0.5, 0.6) is 0 Å². The topological polar surface area (TPSA) is 67.9 Å². The highest BCUT2D eigenvalue weighted by Gasteiger charge is 2.49. The zero-order valence-corrected chi connectivity index (χ0v) is 10.2. The number of aromatic nitrogens is 2. The van der Waals surface area contributed by atoms with Crippen LogP contribution >= 0.6 is 0 Å². The Hall–Kier alpha value is -1.83. The van der Waals surface area contributed by atoms with E-state index in [0.29, 0.717) is 11.3 Å². The Morgan fingerprint density at radius 2 is 2.29 bits per heavy atom. The summed E-state index contributed by atoms with van der Waals surface area (Å²) in [4.78, 5) is 11.7. The van der Waals surface area contributed by atoms with E-state index < -0.39 is 11.4 Å². The Bertz CT molecular complexity index is 492. The smallest absolute Gasteiger partial charge is 0.341 e. The second-order valence-corrected chi connectivity index (χ2v) is 4.65. The fourth-order valence-corrected chi connectivity index (χ4v) is 1.80. The van der Waals surface area contributed by atoms with Crippen molar-refractivity contribution in [2.75, 3.05) is 7.11 Å². The van der Waals surface area contributed by atoms with Crippen LogP contribution in [0.25, 0.3) is 0 Å². The van der Waals surface area contributed by atoms with Gasteiger partial charge in [0.25, 0.3) is 0 Å². The zero-order valence-electron chi connectivity index (χ0n) is 10.2. The van der Waals surface area contributed by atoms with Crippen LogP contribution in [-0.4, -0.2) is 22.9 Å². The van der Waals surface area contributed by atoms with Crippen LogP contribution in [0.4, 0.5) is 0 Å². The molecule has 17 heavy (non-hydrogen) atoms. The highest BCUT2D eigenvalue weighted by atomic mass is 16.5. The van der Waals surface area contributed by atoms with Crippen LogP contribution in [0, 0.1) is 11.3 Å². The molecule has 1 aromatic heterocycles. The third-order valence-electron chi connectivity index (χ3n) is 3.08. The second kappa shape index (κ2) is 3.88. The molecule has 1 aliphatic carbocycles. The summed E-state index contributed by atoms with van der Waals surface area (Å²) in [5.74, 6) is -0.423. The van der Waals surface area contributed by atoms with Gasteiger partial charge in [-0.25, -0.2) is 4.79 Å². The molecule has 0 saturated heterocycles. The second-order valence-electron chi connectivity index (χ2n) is 4.65. The molecule has 1 heterocycles. The van der Waals surface area contributed by atoms with Crippen molar-refractivity contribution in [2.24, 2.45) is 0 Å². The summed E-state index contributed by atoms with van der Waals surface area (Å²) < 4.78 is 6.44. The van der Waals surface area contributed by atoms with Gasteiger partial charge in [0.2, 0.25) is 0 Å². The fourth-order valence-electron chi connectivity index (χ4n) is 1.80. The van der Waals surface area contributed by atoms with E-state index in [1.54, 1.807) is 10.9 Å². The van der Waals surface area contributed by atoms with Gasteiger partial charge in [0.05, 0.1) is 18.9 Å².